The van der Waals surface area contributed by atoms with Crippen molar-refractivity contribution in [3.63, 3.8) is 0 Å². The first-order chi connectivity index (χ1) is 12.1. The number of hydrogen-bond donors (Lipinski definition) is 1. The van der Waals surface area contributed by atoms with E-state index in [9.17, 15) is 9.59 Å². The molecule has 1 aromatic carbocycles. The number of carbonyl (C=O) groups excluding carboxylic acids is 1. The van der Waals surface area contributed by atoms with Gasteiger partial charge in [0.05, 0.1) is 17.7 Å². The Morgan fingerprint density at radius 2 is 1.92 bits per heavy atom. The topological polar surface area (TPSA) is 70.1 Å². The summed E-state index contributed by atoms with van der Waals surface area (Å²) in [4.78, 5) is 27.8. The molecule has 2 aromatic rings. The van der Waals surface area contributed by atoms with E-state index in [-0.39, 0.29) is 5.97 Å². The minimum Gasteiger partial charge on any atom is -0.478 e. The zero-order valence-corrected chi connectivity index (χ0v) is 14.8. The molecule has 0 amide bonds. The number of carbonyl (C=O) groups is 2. The Balaban J connectivity index is 1.57. The second-order valence-corrected chi connectivity index (χ2v) is 6.96. The van der Waals surface area contributed by atoms with Crippen LogP contribution in [0.25, 0.3) is 0 Å². The van der Waals surface area contributed by atoms with Gasteiger partial charge in [0.25, 0.3) is 0 Å². The number of carboxylic acids is 1. The first-order valence-electron chi connectivity index (χ1n) is 8.04. The van der Waals surface area contributed by atoms with Gasteiger partial charge in [-0.2, -0.15) is 0 Å². The first kappa shape index (κ1) is 17.4. The number of aromatic carboxylic acids is 1. The lowest BCUT2D eigenvalue weighted by Gasteiger charge is -2.35. The van der Waals surface area contributed by atoms with Crippen LogP contribution in [0.1, 0.15) is 25.6 Å². The predicted octanol–water partition coefficient (Wildman–Crippen LogP) is 2.56. The van der Waals surface area contributed by atoms with Crippen molar-refractivity contribution >= 4 is 28.3 Å². The van der Waals surface area contributed by atoms with E-state index in [0.717, 1.165) is 43.3 Å². The molecule has 0 saturated carbocycles. The van der Waals surface area contributed by atoms with Crippen molar-refractivity contribution in [1.29, 1.82) is 0 Å². The highest BCUT2D eigenvalue weighted by Gasteiger charge is 2.20. The summed E-state index contributed by atoms with van der Waals surface area (Å²) in [6, 6.07) is 10.9. The second kappa shape index (κ2) is 7.67. The normalized spacial score (nSPS) is 15.2. The van der Waals surface area contributed by atoms with Crippen molar-refractivity contribution in [2.75, 3.05) is 38.2 Å². The number of esters is 1. The number of rotatable bonds is 5. The molecule has 0 aliphatic carbocycles. The van der Waals surface area contributed by atoms with Crippen LogP contribution >= 0.6 is 11.3 Å². The number of hydrogen-bond acceptors (Lipinski definition) is 6. The van der Waals surface area contributed by atoms with E-state index in [4.69, 9.17) is 9.84 Å². The first-order valence-corrected chi connectivity index (χ1v) is 8.86. The minimum atomic E-state index is -0.897. The summed E-state index contributed by atoms with van der Waals surface area (Å²) >= 11 is 1.45. The Morgan fingerprint density at radius 1 is 1.16 bits per heavy atom. The smallest absolute Gasteiger partial charge is 0.348 e. The summed E-state index contributed by atoms with van der Waals surface area (Å²) in [5.74, 6) is -1.20. The third-order valence-corrected chi connectivity index (χ3v) is 5.37. The predicted molar refractivity (Wildman–Crippen MR) is 96.5 cm³/mol. The summed E-state index contributed by atoms with van der Waals surface area (Å²) in [5, 5.41) is 10.2. The van der Waals surface area contributed by atoms with Crippen molar-refractivity contribution in [2.45, 2.75) is 6.54 Å². The molecule has 1 saturated heterocycles. The van der Waals surface area contributed by atoms with Gasteiger partial charge in [0.1, 0.15) is 4.88 Å². The number of nitrogens with zero attached hydrogens (tertiary/aromatic N) is 2. The van der Waals surface area contributed by atoms with Crippen molar-refractivity contribution in [3.05, 3.63) is 52.4 Å². The van der Waals surface area contributed by atoms with E-state index < -0.39 is 5.97 Å². The Hall–Kier alpha value is -2.38. The van der Waals surface area contributed by atoms with E-state index in [1.165, 1.54) is 18.4 Å². The van der Waals surface area contributed by atoms with Crippen LogP contribution in [0.2, 0.25) is 0 Å². The van der Waals surface area contributed by atoms with Crippen LogP contribution in [0.5, 0.6) is 0 Å². The van der Waals surface area contributed by atoms with Gasteiger partial charge in [0.15, 0.2) is 0 Å². The maximum Gasteiger partial charge on any atom is 0.348 e. The average molecular weight is 360 g/mol. The van der Waals surface area contributed by atoms with Gasteiger partial charge in [-0.25, -0.2) is 9.59 Å². The zero-order valence-electron chi connectivity index (χ0n) is 14.0. The molecule has 6 nitrogen and oxygen atoms in total. The fourth-order valence-corrected chi connectivity index (χ4v) is 3.87. The lowest BCUT2D eigenvalue weighted by molar-refractivity contribution is 0.0605. The van der Waals surface area contributed by atoms with Gasteiger partial charge in [0.2, 0.25) is 0 Å². The number of piperazine rings is 1. The highest BCUT2D eigenvalue weighted by atomic mass is 32.1. The molecule has 1 N–H and O–H groups in total. The number of anilines is 1. The van der Waals surface area contributed by atoms with Crippen LogP contribution in [-0.4, -0.2) is 55.2 Å². The third kappa shape index (κ3) is 4.18. The van der Waals surface area contributed by atoms with Crippen LogP contribution in [0.3, 0.4) is 0 Å². The molecule has 0 atom stereocenters. The molecule has 0 radical (unpaired) electrons. The molecule has 1 fully saturated rings. The summed E-state index contributed by atoms with van der Waals surface area (Å²) in [6.07, 6.45) is 0. The summed E-state index contributed by atoms with van der Waals surface area (Å²) < 4.78 is 4.75. The molecule has 7 heteroatoms. The molecule has 1 aliphatic heterocycles. The lowest BCUT2D eigenvalue weighted by atomic mass is 10.1. The Bertz CT molecular complexity index is 766. The lowest BCUT2D eigenvalue weighted by Crippen LogP contribution is -2.45. The van der Waals surface area contributed by atoms with Crippen molar-refractivity contribution in [1.82, 2.24) is 4.90 Å². The number of thiophene rings is 1. The van der Waals surface area contributed by atoms with E-state index in [1.807, 2.05) is 12.1 Å². The van der Waals surface area contributed by atoms with Gasteiger partial charge in [-0.05, 0) is 29.8 Å². The van der Waals surface area contributed by atoms with Crippen LogP contribution in [0.15, 0.2) is 36.4 Å². The van der Waals surface area contributed by atoms with Gasteiger partial charge >= 0.3 is 11.9 Å². The van der Waals surface area contributed by atoms with Gasteiger partial charge in [0, 0.05) is 32.7 Å². The van der Waals surface area contributed by atoms with Gasteiger partial charge in [-0.15, -0.1) is 11.3 Å². The molecule has 132 valence electrons. The molecule has 0 bridgehead atoms. The van der Waals surface area contributed by atoms with Gasteiger partial charge in [-0.3, -0.25) is 4.90 Å². The molecule has 1 aliphatic rings. The third-order valence-electron chi connectivity index (χ3n) is 4.24. The monoisotopic (exact) mass is 360 g/mol. The molecule has 3 rings (SSSR count). The minimum absolute atomic E-state index is 0.298. The van der Waals surface area contributed by atoms with Gasteiger partial charge in [-0.1, -0.05) is 12.1 Å². The van der Waals surface area contributed by atoms with E-state index >= 15 is 0 Å². The Kier molecular flexibility index (Phi) is 5.35. The fraction of sp³-hybridized carbons (Fsp3) is 0.333. The standard InChI is InChI=1S/C18H20N2O4S/c1-24-18(23)15-5-6-16(25-15)20-9-7-19(8-10-20)12-13-3-2-4-14(11-13)17(21)22/h2-6,11H,7-10,12H2,1H3,(H,21,22). The Labute approximate surface area is 150 Å². The molecular weight excluding hydrogens is 340 g/mol. The molecule has 2 heterocycles. The molecule has 0 unspecified atom stereocenters. The number of methoxy groups -OCH3 is 1. The molecule has 1 aromatic heterocycles. The number of benzene rings is 1. The Morgan fingerprint density at radius 3 is 2.60 bits per heavy atom. The zero-order chi connectivity index (χ0) is 17.8. The SMILES string of the molecule is COC(=O)c1ccc(N2CCN(Cc3cccc(C(=O)O)c3)CC2)s1. The van der Waals surface area contributed by atoms with Crippen LogP contribution in [0.4, 0.5) is 5.00 Å². The molecule has 25 heavy (non-hydrogen) atoms. The highest BCUT2D eigenvalue weighted by molar-refractivity contribution is 7.17. The highest BCUT2D eigenvalue weighted by Crippen LogP contribution is 2.27. The van der Waals surface area contributed by atoms with Crippen molar-refractivity contribution < 1.29 is 19.4 Å². The van der Waals surface area contributed by atoms with E-state index in [1.54, 1.807) is 24.3 Å². The maximum absolute atomic E-state index is 11.6. The fourth-order valence-electron chi connectivity index (χ4n) is 2.90. The van der Waals surface area contributed by atoms with Crippen LogP contribution in [-0.2, 0) is 11.3 Å². The molecular formula is C18H20N2O4S. The summed E-state index contributed by atoms with van der Waals surface area (Å²) in [6.45, 7) is 4.28. The number of ether oxygens (including phenoxy) is 1. The van der Waals surface area contributed by atoms with E-state index in [2.05, 4.69) is 9.80 Å². The average Bonchev–Trinajstić information content (AvgIpc) is 3.12. The maximum atomic E-state index is 11.6. The largest absolute Gasteiger partial charge is 0.478 e. The van der Waals surface area contributed by atoms with E-state index in [0.29, 0.717) is 10.4 Å². The van der Waals surface area contributed by atoms with Crippen LogP contribution < -0.4 is 4.90 Å². The van der Waals surface area contributed by atoms with Crippen molar-refractivity contribution in [2.24, 2.45) is 0 Å². The second-order valence-electron chi connectivity index (χ2n) is 5.90. The van der Waals surface area contributed by atoms with Crippen LogP contribution in [0, 0.1) is 0 Å². The molecule has 0 spiro atoms. The number of carboxylic acid groups (broad SMARTS) is 1. The quantitative estimate of drug-likeness (QED) is 0.827. The van der Waals surface area contributed by atoms with Crippen molar-refractivity contribution in [3.8, 4) is 0 Å². The van der Waals surface area contributed by atoms with Gasteiger partial charge < -0.3 is 14.7 Å². The summed E-state index contributed by atoms with van der Waals surface area (Å²) in [7, 11) is 1.39. The summed E-state index contributed by atoms with van der Waals surface area (Å²) in [5.41, 5.74) is 1.34.